The molecule has 27 heavy (non-hydrogen) atoms. The number of rotatable bonds is 3. The first-order chi connectivity index (χ1) is 13.0. The van der Waals surface area contributed by atoms with E-state index < -0.39 is 0 Å². The number of nitrogens with zero attached hydrogens (tertiary/aromatic N) is 1. The summed E-state index contributed by atoms with van der Waals surface area (Å²) in [5, 5.41) is 3.63. The molecule has 0 radical (unpaired) electrons. The Morgan fingerprint density at radius 1 is 1.00 bits per heavy atom. The third kappa shape index (κ3) is 3.45. The topological polar surface area (TPSA) is 90.6 Å². The van der Waals surface area contributed by atoms with Crippen LogP contribution in [0.15, 0.2) is 59.5 Å². The van der Waals surface area contributed by atoms with Gasteiger partial charge in [-0.25, -0.2) is 4.79 Å². The number of aromatic amines is 2. The molecular weight excluding hydrogens is 387 g/mol. The number of halogens is 2. The van der Waals surface area contributed by atoms with E-state index in [0.717, 1.165) is 0 Å². The lowest BCUT2D eigenvalue weighted by Crippen LogP contribution is -2.12. The lowest BCUT2D eigenvalue weighted by atomic mass is 10.1. The molecule has 2 heterocycles. The number of amides is 1. The van der Waals surface area contributed by atoms with E-state index in [4.69, 9.17) is 23.2 Å². The van der Waals surface area contributed by atoms with Crippen LogP contribution in [0.2, 0.25) is 10.0 Å². The predicted octanol–water partition coefficient (Wildman–Crippen LogP) is 4.48. The monoisotopic (exact) mass is 398 g/mol. The standard InChI is InChI=1S/C19H12Cl2N4O2/c20-13-3-1-2-12(17(13)21)14-6-4-10(9-22-14)18(26)23-11-5-7-15-16(8-11)25-19(27)24-15/h1-9H,(H,23,26)(H2,24,25,27). The zero-order chi connectivity index (χ0) is 19.0. The smallest absolute Gasteiger partial charge is 0.322 e. The number of hydrogen-bond acceptors (Lipinski definition) is 3. The van der Waals surface area contributed by atoms with E-state index >= 15 is 0 Å². The van der Waals surface area contributed by atoms with Gasteiger partial charge in [0.05, 0.1) is 32.3 Å². The van der Waals surface area contributed by atoms with Gasteiger partial charge in [0, 0.05) is 17.4 Å². The molecule has 8 heteroatoms. The van der Waals surface area contributed by atoms with E-state index in [2.05, 4.69) is 20.3 Å². The highest BCUT2D eigenvalue weighted by atomic mass is 35.5. The molecule has 4 rings (SSSR count). The fourth-order valence-corrected chi connectivity index (χ4v) is 3.10. The van der Waals surface area contributed by atoms with Crippen molar-refractivity contribution in [2.45, 2.75) is 0 Å². The van der Waals surface area contributed by atoms with E-state index in [1.807, 2.05) is 6.07 Å². The van der Waals surface area contributed by atoms with Gasteiger partial charge < -0.3 is 15.3 Å². The molecule has 4 aromatic rings. The number of benzene rings is 2. The first-order valence-electron chi connectivity index (χ1n) is 7.95. The Morgan fingerprint density at radius 3 is 2.59 bits per heavy atom. The fourth-order valence-electron chi connectivity index (χ4n) is 2.70. The van der Waals surface area contributed by atoms with Gasteiger partial charge in [0.25, 0.3) is 5.91 Å². The normalized spacial score (nSPS) is 10.9. The zero-order valence-corrected chi connectivity index (χ0v) is 15.2. The third-order valence-electron chi connectivity index (χ3n) is 4.03. The number of aromatic nitrogens is 3. The maximum absolute atomic E-state index is 12.4. The second-order valence-corrected chi connectivity index (χ2v) is 6.61. The summed E-state index contributed by atoms with van der Waals surface area (Å²) in [5.41, 5.74) is 3.24. The minimum atomic E-state index is -0.316. The van der Waals surface area contributed by atoms with Crippen molar-refractivity contribution in [3.63, 3.8) is 0 Å². The van der Waals surface area contributed by atoms with Gasteiger partial charge >= 0.3 is 5.69 Å². The SMILES string of the molecule is O=C(Nc1ccc2[nH]c(=O)[nH]c2c1)c1ccc(-c2cccc(Cl)c2Cl)nc1. The summed E-state index contributed by atoms with van der Waals surface area (Å²) in [4.78, 5) is 33.4. The number of pyridine rings is 1. The number of fused-ring (bicyclic) bond motifs is 1. The number of hydrogen-bond donors (Lipinski definition) is 3. The molecule has 3 N–H and O–H groups in total. The number of imidazole rings is 1. The van der Waals surface area contributed by atoms with E-state index in [1.165, 1.54) is 6.20 Å². The molecule has 1 amide bonds. The van der Waals surface area contributed by atoms with Crippen molar-refractivity contribution < 1.29 is 4.79 Å². The van der Waals surface area contributed by atoms with Gasteiger partial charge in [0.15, 0.2) is 0 Å². The molecule has 0 spiro atoms. The molecule has 0 aliphatic heterocycles. The Morgan fingerprint density at radius 2 is 1.81 bits per heavy atom. The minimum Gasteiger partial charge on any atom is -0.322 e. The van der Waals surface area contributed by atoms with Gasteiger partial charge in [0.2, 0.25) is 0 Å². The Labute approximate surface area is 163 Å². The van der Waals surface area contributed by atoms with Crippen LogP contribution in [0.3, 0.4) is 0 Å². The van der Waals surface area contributed by atoms with Gasteiger partial charge in [-0.2, -0.15) is 0 Å². The first kappa shape index (κ1) is 17.3. The first-order valence-corrected chi connectivity index (χ1v) is 8.71. The van der Waals surface area contributed by atoms with Crippen LogP contribution in [-0.2, 0) is 0 Å². The summed E-state index contributed by atoms with van der Waals surface area (Å²) in [6.45, 7) is 0. The second kappa shape index (κ2) is 6.90. The minimum absolute atomic E-state index is 0.298. The van der Waals surface area contributed by atoms with Gasteiger partial charge in [-0.1, -0.05) is 35.3 Å². The molecule has 0 saturated carbocycles. The molecule has 0 fully saturated rings. The predicted molar refractivity (Wildman–Crippen MR) is 107 cm³/mol. The summed E-state index contributed by atoms with van der Waals surface area (Å²) in [6, 6.07) is 13.8. The zero-order valence-electron chi connectivity index (χ0n) is 13.7. The van der Waals surface area contributed by atoms with Crippen LogP contribution in [-0.4, -0.2) is 20.9 Å². The summed E-state index contributed by atoms with van der Waals surface area (Å²) < 4.78 is 0. The third-order valence-corrected chi connectivity index (χ3v) is 4.85. The van der Waals surface area contributed by atoms with Crippen molar-refractivity contribution in [2.24, 2.45) is 0 Å². The highest BCUT2D eigenvalue weighted by Gasteiger charge is 2.11. The Bertz CT molecular complexity index is 1210. The molecule has 0 unspecified atom stereocenters. The molecule has 0 aliphatic carbocycles. The van der Waals surface area contributed by atoms with Crippen molar-refractivity contribution in [2.75, 3.05) is 5.32 Å². The number of carbonyl (C=O) groups is 1. The van der Waals surface area contributed by atoms with Crippen LogP contribution in [0.1, 0.15) is 10.4 Å². The van der Waals surface area contributed by atoms with Crippen LogP contribution >= 0.6 is 23.2 Å². The summed E-state index contributed by atoms with van der Waals surface area (Å²) in [5.74, 6) is -0.316. The molecule has 0 atom stereocenters. The molecular formula is C19H12Cl2N4O2. The van der Waals surface area contributed by atoms with Crippen LogP contribution in [0.5, 0.6) is 0 Å². The maximum atomic E-state index is 12.4. The van der Waals surface area contributed by atoms with Gasteiger partial charge in [0.1, 0.15) is 0 Å². The van der Waals surface area contributed by atoms with Crippen LogP contribution in [0.4, 0.5) is 5.69 Å². The quantitative estimate of drug-likeness (QED) is 0.475. The molecule has 0 aliphatic rings. The van der Waals surface area contributed by atoms with E-state index in [0.29, 0.717) is 43.6 Å². The van der Waals surface area contributed by atoms with Crippen LogP contribution in [0.25, 0.3) is 22.3 Å². The molecule has 2 aromatic heterocycles. The molecule has 134 valence electrons. The van der Waals surface area contributed by atoms with Crippen LogP contribution < -0.4 is 11.0 Å². The lowest BCUT2D eigenvalue weighted by molar-refractivity contribution is 0.102. The van der Waals surface area contributed by atoms with Gasteiger partial charge in [-0.05, 0) is 36.4 Å². The van der Waals surface area contributed by atoms with Crippen LogP contribution in [0, 0.1) is 0 Å². The van der Waals surface area contributed by atoms with E-state index in [1.54, 1.807) is 42.5 Å². The molecule has 2 aromatic carbocycles. The number of carbonyl (C=O) groups excluding carboxylic acids is 1. The average molecular weight is 399 g/mol. The van der Waals surface area contributed by atoms with Crippen molar-refractivity contribution >= 4 is 45.8 Å². The largest absolute Gasteiger partial charge is 0.323 e. The van der Waals surface area contributed by atoms with Gasteiger partial charge in [-0.15, -0.1) is 0 Å². The molecule has 0 bridgehead atoms. The average Bonchev–Trinajstić information content (AvgIpc) is 3.03. The Kier molecular flexibility index (Phi) is 4.43. The Balaban J connectivity index is 1.56. The Hall–Kier alpha value is -3.09. The molecule has 6 nitrogen and oxygen atoms in total. The number of anilines is 1. The van der Waals surface area contributed by atoms with Gasteiger partial charge in [-0.3, -0.25) is 9.78 Å². The van der Waals surface area contributed by atoms with Crippen molar-refractivity contribution in [1.29, 1.82) is 0 Å². The highest BCUT2D eigenvalue weighted by molar-refractivity contribution is 6.43. The van der Waals surface area contributed by atoms with E-state index in [-0.39, 0.29) is 11.6 Å². The highest BCUT2D eigenvalue weighted by Crippen LogP contribution is 2.32. The maximum Gasteiger partial charge on any atom is 0.323 e. The fraction of sp³-hybridized carbons (Fsp3) is 0. The van der Waals surface area contributed by atoms with Crippen molar-refractivity contribution in [3.05, 3.63) is 80.8 Å². The molecule has 0 saturated heterocycles. The summed E-state index contributed by atoms with van der Waals surface area (Å²) in [6.07, 6.45) is 1.47. The number of H-pyrrole nitrogens is 2. The summed E-state index contributed by atoms with van der Waals surface area (Å²) >= 11 is 12.2. The number of nitrogens with one attached hydrogen (secondary N) is 3. The summed E-state index contributed by atoms with van der Waals surface area (Å²) in [7, 11) is 0. The lowest BCUT2D eigenvalue weighted by Gasteiger charge is -2.08. The van der Waals surface area contributed by atoms with E-state index in [9.17, 15) is 9.59 Å². The van der Waals surface area contributed by atoms with Crippen molar-refractivity contribution in [1.82, 2.24) is 15.0 Å². The van der Waals surface area contributed by atoms with Crippen molar-refractivity contribution in [3.8, 4) is 11.3 Å². The second-order valence-electron chi connectivity index (χ2n) is 5.83.